The highest BCUT2D eigenvalue weighted by molar-refractivity contribution is 5.97. The summed E-state index contributed by atoms with van der Waals surface area (Å²) in [7, 11) is 0. The molecular weight excluding hydrogens is 267 g/mol. The molecule has 0 saturated heterocycles. The summed E-state index contributed by atoms with van der Waals surface area (Å²) in [4.78, 5) is 12.0. The summed E-state index contributed by atoms with van der Waals surface area (Å²) in [5.41, 5.74) is 0.441. The third-order valence-electron chi connectivity index (χ3n) is 3.27. The van der Waals surface area contributed by atoms with Crippen LogP contribution in [0.4, 0.5) is 4.39 Å². The molecule has 0 aliphatic heterocycles. The molecule has 21 heavy (non-hydrogen) atoms. The second kappa shape index (κ2) is 5.75. The first-order valence-electron chi connectivity index (χ1n) is 6.63. The molecule has 0 spiro atoms. The lowest BCUT2D eigenvalue weighted by molar-refractivity contribution is 0.0922. The minimum atomic E-state index is -0.360. The quantitative estimate of drug-likeness (QED) is 0.668. The number of ether oxygens (including phenoxy) is 1. The van der Waals surface area contributed by atoms with Crippen molar-refractivity contribution in [3.8, 4) is 5.75 Å². The van der Waals surface area contributed by atoms with Gasteiger partial charge in [-0.15, -0.1) is 0 Å². The van der Waals surface area contributed by atoms with Crippen LogP contribution in [0, 0.1) is 5.82 Å². The van der Waals surface area contributed by atoms with E-state index in [1.165, 1.54) is 24.3 Å². The van der Waals surface area contributed by atoms with Gasteiger partial charge in [-0.1, -0.05) is 36.4 Å². The molecule has 3 aromatic rings. The van der Waals surface area contributed by atoms with Crippen molar-refractivity contribution >= 4 is 16.6 Å². The van der Waals surface area contributed by atoms with Gasteiger partial charge in [0.25, 0.3) is 0 Å². The van der Waals surface area contributed by atoms with Crippen molar-refractivity contribution in [2.24, 2.45) is 0 Å². The van der Waals surface area contributed by atoms with E-state index in [1.807, 2.05) is 42.5 Å². The number of hydrogen-bond acceptors (Lipinski definition) is 2. The maximum absolute atomic E-state index is 12.8. The second-order valence-corrected chi connectivity index (χ2v) is 4.70. The smallest absolute Gasteiger partial charge is 0.200 e. The van der Waals surface area contributed by atoms with Gasteiger partial charge in [0.1, 0.15) is 11.6 Å². The molecule has 0 aromatic heterocycles. The molecule has 0 aliphatic rings. The van der Waals surface area contributed by atoms with E-state index in [9.17, 15) is 9.18 Å². The highest BCUT2D eigenvalue weighted by Gasteiger charge is 2.08. The van der Waals surface area contributed by atoms with Crippen LogP contribution in [-0.4, -0.2) is 12.4 Å². The summed E-state index contributed by atoms with van der Waals surface area (Å²) < 4.78 is 18.5. The number of rotatable bonds is 4. The van der Waals surface area contributed by atoms with Crippen LogP contribution < -0.4 is 4.74 Å². The average molecular weight is 280 g/mol. The monoisotopic (exact) mass is 280 g/mol. The fourth-order valence-electron chi connectivity index (χ4n) is 2.18. The zero-order valence-corrected chi connectivity index (χ0v) is 11.3. The van der Waals surface area contributed by atoms with Gasteiger partial charge in [-0.25, -0.2) is 4.39 Å². The first-order chi connectivity index (χ1) is 10.2. The molecule has 0 bridgehead atoms. The summed E-state index contributed by atoms with van der Waals surface area (Å²) in [5.74, 6) is 0.132. The molecule has 0 heterocycles. The van der Waals surface area contributed by atoms with Crippen LogP contribution in [-0.2, 0) is 0 Å². The second-order valence-electron chi connectivity index (χ2n) is 4.70. The van der Waals surface area contributed by atoms with Crippen LogP contribution in [0.3, 0.4) is 0 Å². The fourth-order valence-corrected chi connectivity index (χ4v) is 2.18. The number of Topliss-reactive ketones (excluding diaryl/α,β-unsaturated/α-hetero) is 1. The predicted octanol–water partition coefficient (Wildman–Crippen LogP) is 4.24. The van der Waals surface area contributed by atoms with E-state index >= 15 is 0 Å². The van der Waals surface area contributed by atoms with Crippen molar-refractivity contribution in [1.82, 2.24) is 0 Å². The molecule has 0 unspecified atom stereocenters. The van der Waals surface area contributed by atoms with E-state index in [-0.39, 0.29) is 18.2 Å². The normalized spacial score (nSPS) is 10.5. The Kier molecular flexibility index (Phi) is 3.65. The Balaban J connectivity index is 1.77. The van der Waals surface area contributed by atoms with Gasteiger partial charge in [-0.2, -0.15) is 0 Å². The number of hydrogen-bond donors (Lipinski definition) is 0. The minimum Gasteiger partial charge on any atom is -0.485 e. The Bertz CT molecular complexity index is 773. The number of halogens is 1. The number of carbonyl (C=O) groups is 1. The third-order valence-corrected chi connectivity index (χ3v) is 3.27. The van der Waals surface area contributed by atoms with Crippen molar-refractivity contribution in [2.75, 3.05) is 6.61 Å². The minimum absolute atomic E-state index is 0.0698. The molecule has 0 radical (unpaired) electrons. The van der Waals surface area contributed by atoms with Crippen LogP contribution in [0.25, 0.3) is 10.8 Å². The number of benzene rings is 3. The predicted molar refractivity (Wildman–Crippen MR) is 80.2 cm³/mol. The highest BCUT2D eigenvalue weighted by Crippen LogP contribution is 2.25. The van der Waals surface area contributed by atoms with Crippen LogP contribution in [0.2, 0.25) is 0 Å². The van der Waals surface area contributed by atoms with Gasteiger partial charge in [-0.05, 0) is 35.7 Å². The zero-order chi connectivity index (χ0) is 14.7. The molecule has 3 heteroatoms. The van der Waals surface area contributed by atoms with E-state index in [0.29, 0.717) is 11.3 Å². The lowest BCUT2D eigenvalue weighted by Gasteiger charge is -2.08. The molecule has 104 valence electrons. The van der Waals surface area contributed by atoms with Crippen molar-refractivity contribution in [3.63, 3.8) is 0 Å². The molecule has 0 atom stereocenters. The van der Waals surface area contributed by atoms with Crippen LogP contribution in [0.1, 0.15) is 10.4 Å². The maximum atomic E-state index is 12.8. The number of ketones is 1. The summed E-state index contributed by atoms with van der Waals surface area (Å²) in [5, 5.41) is 2.02. The summed E-state index contributed by atoms with van der Waals surface area (Å²) >= 11 is 0. The van der Waals surface area contributed by atoms with Crippen LogP contribution in [0.15, 0.2) is 66.7 Å². The first-order valence-corrected chi connectivity index (χ1v) is 6.63. The Morgan fingerprint density at radius 3 is 2.43 bits per heavy atom. The van der Waals surface area contributed by atoms with Gasteiger partial charge in [0.15, 0.2) is 12.4 Å². The average Bonchev–Trinajstić information content (AvgIpc) is 2.53. The zero-order valence-electron chi connectivity index (χ0n) is 11.3. The van der Waals surface area contributed by atoms with E-state index in [4.69, 9.17) is 4.74 Å². The van der Waals surface area contributed by atoms with E-state index in [0.717, 1.165) is 10.8 Å². The lowest BCUT2D eigenvalue weighted by Crippen LogP contribution is -2.11. The largest absolute Gasteiger partial charge is 0.485 e. The fraction of sp³-hybridized carbons (Fsp3) is 0.0556. The Hall–Kier alpha value is -2.68. The topological polar surface area (TPSA) is 26.3 Å². The van der Waals surface area contributed by atoms with Crippen molar-refractivity contribution in [2.45, 2.75) is 0 Å². The molecule has 0 fully saturated rings. The van der Waals surface area contributed by atoms with Crippen molar-refractivity contribution < 1.29 is 13.9 Å². The summed E-state index contributed by atoms with van der Waals surface area (Å²) in [6.07, 6.45) is 0. The van der Waals surface area contributed by atoms with Gasteiger partial charge in [0.05, 0.1) is 0 Å². The molecule has 0 saturated carbocycles. The molecule has 3 rings (SSSR count). The number of carbonyl (C=O) groups excluding carboxylic acids is 1. The first kappa shape index (κ1) is 13.3. The number of fused-ring (bicyclic) bond motifs is 1. The Labute approximate surface area is 121 Å². The van der Waals surface area contributed by atoms with E-state index < -0.39 is 0 Å². The van der Waals surface area contributed by atoms with Crippen LogP contribution in [0.5, 0.6) is 5.75 Å². The van der Waals surface area contributed by atoms with Gasteiger partial charge in [0.2, 0.25) is 0 Å². The highest BCUT2D eigenvalue weighted by atomic mass is 19.1. The third kappa shape index (κ3) is 2.92. The van der Waals surface area contributed by atoms with Crippen molar-refractivity contribution in [1.29, 1.82) is 0 Å². The Morgan fingerprint density at radius 2 is 1.62 bits per heavy atom. The lowest BCUT2D eigenvalue weighted by atomic mass is 10.1. The maximum Gasteiger partial charge on any atom is 0.200 e. The molecule has 3 aromatic carbocycles. The summed E-state index contributed by atoms with van der Waals surface area (Å²) in [6.45, 7) is -0.0698. The van der Waals surface area contributed by atoms with Crippen LogP contribution >= 0.6 is 0 Å². The molecule has 0 amide bonds. The van der Waals surface area contributed by atoms with Crippen molar-refractivity contribution in [3.05, 3.63) is 78.1 Å². The van der Waals surface area contributed by atoms with Gasteiger partial charge in [-0.3, -0.25) is 4.79 Å². The molecule has 0 aliphatic carbocycles. The van der Waals surface area contributed by atoms with Gasteiger partial charge >= 0.3 is 0 Å². The molecule has 2 nitrogen and oxygen atoms in total. The Morgan fingerprint density at radius 1 is 0.905 bits per heavy atom. The molecular formula is C18H13FO2. The van der Waals surface area contributed by atoms with E-state index in [1.54, 1.807) is 0 Å². The van der Waals surface area contributed by atoms with E-state index in [2.05, 4.69) is 0 Å². The summed E-state index contributed by atoms with van der Waals surface area (Å²) in [6, 6.07) is 19.0. The van der Waals surface area contributed by atoms with Gasteiger partial charge in [0, 0.05) is 10.9 Å². The van der Waals surface area contributed by atoms with Gasteiger partial charge < -0.3 is 4.74 Å². The standard InChI is InChI=1S/C18H13FO2/c19-15-10-8-14(9-11-15)17(20)12-21-18-7-3-5-13-4-1-2-6-16(13)18/h1-11H,12H2. The SMILES string of the molecule is O=C(COc1cccc2ccccc12)c1ccc(F)cc1. The molecule has 0 N–H and O–H groups in total.